The van der Waals surface area contributed by atoms with Crippen molar-refractivity contribution in [2.24, 2.45) is 0 Å². The van der Waals surface area contributed by atoms with Gasteiger partial charge in [0.15, 0.2) is 0 Å². The fourth-order valence-corrected chi connectivity index (χ4v) is 2.55. The van der Waals surface area contributed by atoms with E-state index >= 15 is 0 Å². The Morgan fingerprint density at radius 1 is 1.48 bits per heavy atom. The Morgan fingerprint density at radius 2 is 2.24 bits per heavy atom. The highest BCUT2D eigenvalue weighted by Gasteiger charge is 2.27. The van der Waals surface area contributed by atoms with Crippen molar-refractivity contribution in [1.82, 2.24) is 5.32 Å². The molecule has 1 aliphatic heterocycles. The molecule has 0 aliphatic carbocycles. The molecule has 1 aromatic rings. The van der Waals surface area contributed by atoms with Gasteiger partial charge >= 0.3 is 0 Å². The first-order valence-electron chi connectivity index (χ1n) is 7.52. The molecule has 1 fully saturated rings. The molecule has 0 aromatic heterocycles. The number of halogens is 1. The van der Waals surface area contributed by atoms with E-state index in [9.17, 15) is 9.50 Å². The molecule has 2 N–H and O–H groups in total. The Kier molecular flexibility index (Phi) is 5.56. The molecule has 1 heterocycles. The molecule has 2 atom stereocenters. The first kappa shape index (κ1) is 16.2. The van der Waals surface area contributed by atoms with Crippen LogP contribution in [0.5, 0.6) is 0 Å². The maximum absolute atomic E-state index is 13.6. The summed E-state index contributed by atoms with van der Waals surface area (Å²) in [6, 6.07) is 5.44. The quantitative estimate of drug-likeness (QED) is 0.871. The topological polar surface area (TPSA) is 44.7 Å². The Morgan fingerprint density at radius 3 is 2.90 bits per heavy atom. The minimum absolute atomic E-state index is 0.00396. The summed E-state index contributed by atoms with van der Waals surface area (Å²) in [6.07, 6.45) is -0.183. The third-order valence-electron chi connectivity index (χ3n) is 3.76. The lowest BCUT2D eigenvalue weighted by Gasteiger charge is -2.40. The minimum atomic E-state index is -0.223. The number of morpholine rings is 1. The van der Waals surface area contributed by atoms with Gasteiger partial charge in [-0.3, -0.25) is 0 Å². The lowest BCUT2D eigenvalue weighted by molar-refractivity contribution is -0.0103. The molecule has 1 saturated heterocycles. The van der Waals surface area contributed by atoms with Gasteiger partial charge in [0, 0.05) is 30.9 Å². The van der Waals surface area contributed by atoms with Crippen LogP contribution in [0.4, 0.5) is 10.1 Å². The third kappa shape index (κ3) is 4.15. The van der Waals surface area contributed by atoms with E-state index in [4.69, 9.17) is 4.74 Å². The van der Waals surface area contributed by atoms with Crippen LogP contribution in [0.1, 0.15) is 26.3 Å². The van der Waals surface area contributed by atoms with Crippen molar-refractivity contribution in [2.45, 2.75) is 45.5 Å². The average molecular weight is 296 g/mol. The number of benzene rings is 1. The van der Waals surface area contributed by atoms with E-state index in [-0.39, 0.29) is 24.6 Å². The number of ether oxygens (including phenoxy) is 1. The molecule has 4 nitrogen and oxygen atoms in total. The van der Waals surface area contributed by atoms with Gasteiger partial charge in [0.25, 0.3) is 0 Å². The van der Waals surface area contributed by atoms with E-state index < -0.39 is 0 Å². The highest BCUT2D eigenvalue weighted by Crippen LogP contribution is 2.26. The van der Waals surface area contributed by atoms with E-state index in [1.165, 1.54) is 6.07 Å². The molecule has 2 rings (SSSR count). The summed E-state index contributed by atoms with van der Waals surface area (Å²) in [4.78, 5) is 2.20. The third-order valence-corrected chi connectivity index (χ3v) is 3.76. The van der Waals surface area contributed by atoms with Crippen molar-refractivity contribution < 1.29 is 14.2 Å². The SMILES string of the molecule is CC(C)NCc1cc(F)ccc1N1CC(CO)OCC1C. The minimum Gasteiger partial charge on any atom is -0.394 e. The summed E-state index contributed by atoms with van der Waals surface area (Å²) in [5.74, 6) is -0.223. The number of nitrogens with one attached hydrogen (secondary N) is 1. The van der Waals surface area contributed by atoms with E-state index in [2.05, 4.69) is 31.0 Å². The van der Waals surface area contributed by atoms with Gasteiger partial charge in [-0.2, -0.15) is 0 Å². The van der Waals surface area contributed by atoms with Gasteiger partial charge in [0.05, 0.1) is 19.3 Å². The largest absolute Gasteiger partial charge is 0.394 e. The average Bonchev–Trinajstić information content (AvgIpc) is 2.46. The number of hydrogen-bond acceptors (Lipinski definition) is 4. The monoisotopic (exact) mass is 296 g/mol. The smallest absolute Gasteiger partial charge is 0.123 e. The first-order valence-corrected chi connectivity index (χ1v) is 7.52. The maximum Gasteiger partial charge on any atom is 0.123 e. The lowest BCUT2D eigenvalue weighted by Crippen LogP contribution is -2.50. The Labute approximate surface area is 125 Å². The van der Waals surface area contributed by atoms with E-state index in [1.807, 2.05) is 6.07 Å². The summed E-state index contributed by atoms with van der Waals surface area (Å²) < 4.78 is 19.1. The second-order valence-corrected chi connectivity index (χ2v) is 5.95. The molecule has 5 heteroatoms. The molecule has 2 unspecified atom stereocenters. The van der Waals surface area contributed by atoms with Gasteiger partial charge in [-0.25, -0.2) is 4.39 Å². The van der Waals surface area contributed by atoms with Crippen LogP contribution < -0.4 is 10.2 Å². The first-order chi connectivity index (χ1) is 10.0. The van der Waals surface area contributed by atoms with Gasteiger partial charge in [0.1, 0.15) is 5.82 Å². The van der Waals surface area contributed by atoms with Crippen LogP contribution >= 0.6 is 0 Å². The molecule has 0 bridgehead atoms. The number of nitrogens with zero attached hydrogens (tertiary/aromatic N) is 1. The summed E-state index contributed by atoms with van der Waals surface area (Å²) in [5.41, 5.74) is 1.95. The van der Waals surface area contributed by atoms with Crippen LogP contribution in [-0.4, -0.2) is 43.1 Å². The van der Waals surface area contributed by atoms with Crippen molar-refractivity contribution in [3.05, 3.63) is 29.6 Å². The maximum atomic E-state index is 13.6. The molecule has 21 heavy (non-hydrogen) atoms. The molecule has 0 saturated carbocycles. The number of rotatable bonds is 5. The van der Waals surface area contributed by atoms with E-state index in [0.29, 0.717) is 25.7 Å². The fourth-order valence-electron chi connectivity index (χ4n) is 2.55. The van der Waals surface area contributed by atoms with Crippen LogP contribution in [0.15, 0.2) is 18.2 Å². The van der Waals surface area contributed by atoms with Crippen LogP contribution in [0.3, 0.4) is 0 Å². The molecule has 0 spiro atoms. The zero-order valence-corrected chi connectivity index (χ0v) is 13.0. The molecule has 1 aromatic carbocycles. The van der Waals surface area contributed by atoms with Gasteiger partial charge in [-0.15, -0.1) is 0 Å². The predicted molar refractivity (Wildman–Crippen MR) is 82.0 cm³/mol. The summed E-state index contributed by atoms with van der Waals surface area (Å²) in [6.45, 7) is 8.03. The van der Waals surface area contributed by atoms with Crippen molar-refractivity contribution in [1.29, 1.82) is 0 Å². The molecule has 0 radical (unpaired) electrons. The van der Waals surface area contributed by atoms with Gasteiger partial charge < -0.3 is 20.1 Å². The molecule has 118 valence electrons. The summed E-state index contributed by atoms with van der Waals surface area (Å²) >= 11 is 0. The van der Waals surface area contributed by atoms with Gasteiger partial charge in [0.2, 0.25) is 0 Å². The highest BCUT2D eigenvalue weighted by atomic mass is 19.1. The van der Waals surface area contributed by atoms with Crippen LogP contribution in [0.2, 0.25) is 0 Å². The van der Waals surface area contributed by atoms with Gasteiger partial charge in [-0.05, 0) is 30.7 Å². The number of anilines is 1. The molecular weight excluding hydrogens is 271 g/mol. The zero-order chi connectivity index (χ0) is 15.4. The van der Waals surface area contributed by atoms with Crippen molar-refractivity contribution in [3.63, 3.8) is 0 Å². The highest BCUT2D eigenvalue weighted by molar-refractivity contribution is 5.55. The van der Waals surface area contributed by atoms with Crippen molar-refractivity contribution in [3.8, 4) is 0 Å². The van der Waals surface area contributed by atoms with Crippen LogP contribution in [0, 0.1) is 5.82 Å². The Bertz CT molecular complexity index is 468. The number of aliphatic hydroxyl groups is 1. The van der Waals surface area contributed by atoms with E-state index in [0.717, 1.165) is 11.3 Å². The standard InChI is InChI=1S/C16H25FN2O2/c1-11(2)18-7-13-6-14(17)4-5-16(13)19-8-15(9-20)21-10-12(19)3/h4-6,11-12,15,18,20H,7-10H2,1-3H3. The second-order valence-electron chi connectivity index (χ2n) is 5.95. The summed E-state index contributed by atoms with van der Waals surface area (Å²) in [7, 11) is 0. The normalized spacial score (nSPS) is 22.9. The Hall–Kier alpha value is -1.17. The molecular formula is C16H25FN2O2. The van der Waals surface area contributed by atoms with Crippen LogP contribution in [-0.2, 0) is 11.3 Å². The molecule has 1 aliphatic rings. The molecule has 0 amide bonds. The van der Waals surface area contributed by atoms with E-state index in [1.54, 1.807) is 6.07 Å². The zero-order valence-electron chi connectivity index (χ0n) is 13.0. The predicted octanol–water partition coefficient (Wildman–Crippen LogP) is 1.91. The van der Waals surface area contributed by atoms with Crippen molar-refractivity contribution >= 4 is 5.69 Å². The fraction of sp³-hybridized carbons (Fsp3) is 0.625. The number of hydrogen-bond donors (Lipinski definition) is 2. The van der Waals surface area contributed by atoms with Gasteiger partial charge in [-0.1, -0.05) is 13.8 Å². The lowest BCUT2D eigenvalue weighted by atomic mass is 10.1. The number of aliphatic hydroxyl groups excluding tert-OH is 1. The second kappa shape index (κ2) is 7.20. The van der Waals surface area contributed by atoms with Crippen molar-refractivity contribution in [2.75, 3.05) is 24.7 Å². The Balaban J connectivity index is 2.24. The van der Waals surface area contributed by atoms with Crippen LogP contribution in [0.25, 0.3) is 0 Å². The summed E-state index contributed by atoms with van der Waals surface area (Å²) in [5, 5.41) is 12.6.